The maximum Gasteiger partial charge on any atom is 0.165 e. The lowest BCUT2D eigenvalue weighted by atomic mass is 9.96. The highest BCUT2D eigenvalue weighted by atomic mass is 79.9. The van der Waals surface area contributed by atoms with Gasteiger partial charge in [-0.3, -0.25) is 0 Å². The molecule has 0 amide bonds. The van der Waals surface area contributed by atoms with Crippen LogP contribution < -0.4 is 4.74 Å². The molecule has 2 atom stereocenters. The summed E-state index contributed by atoms with van der Waals surface area (Å²) in [5.74, 6) is 0.307. The molecule has 0 saturated carbocycles. The number of hydrogen-bond donors (Lipinski definition) is 0. The van der Waals surface area contributed by atoms with E-state index in [1.54, 1.807) is 12.1 Å². The summed E-state index contributed by atoms with van der Waals surface area (Å²) < 4.78 is 18.3. The molecule has 0 radical (unpaired) electrons. The average molecular weight is 275 g/mol. The van der Waals surface area contributed by atoms with Crippen LogP contribution in [0.25, 0.3) is 0 Å². The van der Waals surface area contributed by atoms with Crippen LogP contribution in [0.3, 0.4) is 0 Å². The van der Waals surface area contributed by atoms with Crippen molar-refractivity contribution in [3.8, 4) is 5.75 Å². The van der Waals surface area contributed by atoms with Gasteiger partial charge in [-0.15, -0.1) is 0 Å². The number of hydrogen-bond acceptors (Lipinski definition) is 1. The van der Waals surface area contributed by atoms with E-state index in [0.29, 0.717) is 16.5 Å². The first-order valence-electron chi connectivity index (χ1n) is 5.07. The third kappa shape index (κ3) is 2.94. The van der Waals surface area contributed by atoms with Crippen molar-refractivity contribution in [2.24, 2.45) is 0 Å². The van der Waals surface area contributed by atoms with Gasteiger partial charge in [-0.05, 0) is 30.0 Å². The fourth-order valence-corrected chi connectivity index (χ4v) is 1.83. The van der Waals surface area contributed by atoms with Crippen molar-refractivity contribution in [1.29, 1.82) is 0 Å². The molecule has 0 fully saturated rings. The van der Waals surface area contributed by atoms with E-state index >= 15 is 0 Å². The quantitative estimate of drug-likeness (QED) is 0.751. The normalized spacial score (nSPS) is 14.7. The molecule has 0 saturated heterocycles. The van der Waals surface area contributed by atoms with Crippen LogP contribution in [-0.2, 0) is 0 Å². The second-order valence-corrected chi connectivity index (χ2v) is 4.78. The Morgan fingerprint density at radius 2 is 2.13 bits per heavy atom. The van der Waals surface area contributed by atoms with Crippen molar-refractivity contribution in [3.05, 3.63) is 29.6 Å². The Labute approximate surface area is 98.8 Å². The van der Waals surface area contributed by atoms with Crippen LogP contribution in [0.1, 0.15) is 31.7 Å². The lowest BCUT2D eigenvalue weighted by Gasteiger charge is -2.17. The summed E-state index contributed by atoms with van der Waals surface area (Å²) in [7, 11) is 1.47. The van der Waals surface area contributed by atoms with Gasteiger partial charge in [0.15, 0.2) is 11.6 Å². The molecule has 1 rings (SSSR count). The van der Waals surface area contributed by atoms with E-state index in [2.05, 4.69) is 29.8 Å². The van der Waals surface area contributed by atoms with E-state index < -0.39 is 0 Å². The molecule has 0 aromatic heterocycles. The summed E-state index contributed by atoms with van der Waals surface area (Å²) in [6, 6.07) is 5.14. The molecule has 0 aliphatic carbocycles. The van der Waals surface area contributed by atoms with Crippen LogP contribution in [0.5, 0.6) is 5.75 Å². The fourth-order valence-electron chi connectivity index (χ4n) is 1.53. The summed E-state index contributed by atoms with van der Waals surface area (Å²) in [6.07, 6.45) is 1.02. The van der Waals surface area contributed by atoms with Crippen molar-refractivity contribution >= 4 is 15.9 Å². The molecule has 1 nitrogen and oxygen atoms in total. The lowest BCUT2D eigenvalue weighted by molar-refractivity contribution is 0.386. The van der Waals surface area contributed by atoms with Gasteiger partial charge in [0.1, 0.15) is 0 Å². The first-order chi connectivity index (χ1) is 7.10. The average Bonchev–Trinajstić information content (AvgIpc) is 2.26. The number of methoxy groups -OCH3 is 1. The third-order valence-electron chi connectivity index (χ3n) is 2.63. The summed E-state index contributed by atoms with van der Waals surface area (Å²) in [6.45, 7) is 4.19. The zero-order chi connectivity index (χ0) is 11.4. The highest BCUT2D eigenvalue weighted by Gasteiger charge is 2.15. The molecule has 0 heterocycles. The largest absolute Gasteiger partial charge is 0.494 e. The Kier molecular flexibility index (Phi) is 4.58. The van der Waals surface area contributed by atoms with Crippen molar-refractivity contribution in [2.45, 2.75) is 31.0 Å². The van der Waals surface area contributed by atoms with Crippen LogP contribution in [-0.4, -0.2) is 11.9 Å². The number of alkyl halides is 1. The van der Waals surface area contributed by atoms with Crippen LogP contribution in [0.15, 0.2) is 18.2 Å². The predicted molar refractivity (Wildman–Crippen MR) is 64.4 cm³/mol. The first-order valence-corrected chi connectivity index (χ1v) is 5.99. The van der Waals surface area contributed by atoms with Gasteiger partial charge in [0.2, 0.25) is 0 Å². The van der Waals surface area contributed by atoms with E-state index in [1.807, 2.05) is 6.07 Å². The smallest absolute Gasteiger partial charge is 0.165 e. The SMILES string of the molecule is CCC(Br)C(C)c1ccc(OC)c(F)c1. The van der Waals surface area contributed by atoms with Crippen molar-refractivity contribution < 1.29 is 9.13 Å². The van der Waals surface area contributed by atoms with Gasteiger partial charge in [-0.25, -0.2) is 4.39 Å². The zero-order valence-corrected chi connectivity index (χ0v) is 10.8. The van der Waals surface area contributed by atoms with Crippen molar-refractivity contribution in [2.75, 3.05) is 7.11 Å². The van der Waals surface area contributed by atoms with Gasteiger partial charge in [0.05, 0.1) is 7.11 Å². The van der Waals surface area contributed by atoms with Crippen molar-refractivity contribution in [3.63, 3.8) is 0 Å². The number of rotatable bonds is 4. The van der Waals surface area contributed by atoms with Gasteiger partial charge in [-0.2, -0.15) is 0 Å². The Morgan fingerprint density at radius 1 is 1.47 bits per heavy atom. The lowest BCUT2D eigenvalue weighted by Crippen LogP contribution is -2.08. The van der Waals surface area contributed by atoms with Gasteiger partial charge >= 0.3 is 0 Å². The topological polar surface area (TPSA) is 9.23 Å². The highest BCUT2D eigenvalue weighted by Crippen LogP contribution is 2.29. The Hall–Kier alpha value is -0.570. The number of halogens is 2. The molecule has 0 aliphatic rings. The molecule has 0 bridgehead atoms. The van der Waals surface area contributed by atoms with Crippen LogP contribution in [0, 0.1) is 5.82 Å². The summed E-state index contributed by atoms with van der Waals surface area (Å²) in [5.41, 5.74) is 0.997. The number of ether oxygens (including phenoxy) is 1. The zero-order valence-electron chi connectivity index (χ0n) is 9.26. The Morgan fingerprint density at radius 3 is 2.60 bits per heavy atom. The minimum atomic E-state index is -0.294. The molecular formula is C12H16BrFO. The third-order valence-corrected chi connectivity index (χ3v) is 4.07. The van der Waals surface area contributed by atoms with Crippen molar-refractivity contribution in [1.82, 2.24) is 0 Å². The van der Waals surface area contributed by atoms with E-state index in [4.69, 9.17) is 4.74 Å². The fraction of sp³-hybridized carbons (Fsp3) is 0.500. The Bertz CT molecular complexity index is 327. The van der Waals surface area contributed by atoms with E-state index in [-0.39, 0.29) is 5.82 Å². The highest BCUT2D eigenvalue weighted by molar-refractivity contribution is 9.09. The van der Waals surface area contributed by atoms with Crippen LogP contribution in [0.4, 0.5) is 4.39 Å². The summed E-state index contributed by atoms with van der Waals surface area (Å²) >= 11 is 3.59. The summed E-state index contributed by atoms with van der Waals surface area (Å²) in [5, 5.41) is 0. The molecule has 0 spiro atoms. The molecule has 84 valence electrons. The van der Waals surface area contributed by atoms with E-state index in [0.717, 1.165) is 12.0 Å². The molecule has 1 aromatic carbocycles. The van der Waals surface area contributed by atoms with E-state index in [9.17, 15) is 4.39 Å². The standard InChI is InChI=1S/C12H16BrFO/c1-4-10(13)8(2)9-5-6-12(15-3)11(14)7-9/h5-8,10H,4H2,1-3H3. The minimum absolute atomic E-state index is 0.294. The monoisotopic (exact) mass is 274 g/mol. The molecule has 0 aliphatic heterocycles. The summed E-state index contributed by atoms with van der Waals surface area (Å²) in [4.78, 5) is 0.380. The van der Waals surface area contributed by atoms with Gasteiger partial charge in [0, 0.05) is 4.83 Å². The maximum absolute atomic E-state index is 13.4. The molecule has 1 aromatic rings. The first kappa shape index (κ1) is 12.5. The van der Waals surface area contributed by atoms with Crippen LogP contribution in [0.2, 0.25) is 0 Å². The van der Waals surface area contributed by atoms with Gasteiger partial charge in [-0.1, -0.05) is 35.8 Å². The second kappa shape index (κ2) is 5.50. The minimum Gasteiger partial charge on any atom is -0.494 e. The van der Waals surface area contributed by atoms with Gasteiger partial charge < -0.3 is 4.74 Å². The predicted octanol–water partition coefficient (Wildman–Crippen LogP) is 4.11. The van der Waals surface area contributed by atoms with Crippen LogP contribution >= 0.6 is 15.9 Å². The molecule has 3 heteroatoms. The molecule has 2 unspecified atom stereocenters. The van der Waals surface area contributed by atoms with Gasteiger partial charge in [0.25, 0.3) is 0 Å². The molecule has 15 heavy (non-hydrogen) atoms. The van der Waals surface area contributed by atoms with E-state index in [1.165, 1.54) is 7.11 Å². The molecule has 0 N–H and O–H groups in total. The number of benzene rings is 1. The second-order valence-electron chi connectivity index (χ2n) is 3.61. The Balaban J connectivity index is 2.92. The molecular weight excluding hydrogens is 259 g/mol. The maximum atomic E-state index is 13.4.